The Bertz CT molecular complexity index is 213. The van der Waals surface area contributed by atoms with Gasteiger partial charge in [0, 0.05) is 6.61 Å². The molecule has 0 aromatic heterocycles. The highest BCUT2D eigenvalue weighted by Gasteiger charge is 2.10. The average molecular weight is 209 g/mol. The summed E-state index contributed by atoms with van der Waals surface area (Å²) in [5, 5.41) is 4.88. The van der Waals surface area contributed by atoms with Gasteiger partial charge in [0.15, 0.2) is 0 Å². The number of sulfonamides is 1. The zero-order valence-corrected chi connectivity index (χ0v) is 9.14. The van der Waals surface area contributed by atoms with Crippen LogP contribution in [0.1, 0.15) is 26.7 Å². The molecule has 4 nitrogen and oxygen atoms in total. The van der Waals surface area contributed by atoms with E-state index in [-0.39, 0.29) is 11.7 Å². The fraction of sp³-hybridized carbons (Fsp3) is 1.00. The van der Waals surface area contributed by atoms with Gasteiger partial charge in [-0.1, -0.05) is 20.3 Å². The minimum atomic E-state index is -3.35. The van der Waals surface area contributed by atoms with Gasteiger partial charge < -0.3 is 4.74 Å². The molecule has 0 saturated heterocycles. The van der Waals surface area contributed by atoms with Crippen LogP contribution in [0, 0.1) is 5.92 Å². The van der Waals surface area contributed by atoms with E-state index < -0.39 is 10.0 Å². The van der Waals surface area contributed by atoms with Crippen molar-refractivity contribution in [2.45, 2.75) is 26.7 Å². The second-order valence-corrected chi connectivity index (χ2v) is 5.02. The Labute approximate surface area is 80.5 Å². The molecule has 0 saturated carbocycles. The maximum Gasteiger partial charge on any atom is 0.209 e. The van der Waals surface area contributed by atoms with E-state index in [1.54, 1.807) is 0 Å². The van der Waals surface area contributed by atoms with Crippen molar-refractivity contribution in [3.8, 4) is 0 Å². The predicted molar refractivity (Wildman–Crippen MR) is 52.9 cm³/mol. The molecule has 0 rings (SSSR count). The van der Waals surface area contributed by atoms with Crippen LogP contribution in [0.2, 0.25) is 0 Å². The van der Waals surface area contributed by atoms with Gasteiger partial charge in [-0.25, -0.2) is 13.6 Å². The largest absolute Gasteiger partial charge is 0.381 e. The highest BCUT2D eigenvalue weighted by Crippen LogP contribution is 1.99. The lowest BCUT2D eigenvalue weighted by Gasteiger charge is -2.09. The van der Waals surface area contributed by atoms with Crippen LogP contribution in [0.4, 0.5) is 0 Å². The fourth-order valence-corrected chi connectivity index (χ4v) is 1.86. The summed E-state index contributed by atoms with van der Waals surface area (Å²) in [5.41, 5.74) is 0. The van der Waals surface area contributed by atoms with Crippen LogP contribution in [-0.4, -0.2) is 27.4 Å². The van der Waals surface area contributed by atoms with E-state index in [9.17, 15) is 8.42 Å². The van der Waals surface area contributed by atoms with Gasteiger partial charge in [-0.15, -0.1) is 0 Å². The smallest absolute Gasteiger partial charge is 0.209 e. The van der Waals surface area contributed by atoms with Crippen LogP contribution >= 0.6 is 0 Å². The molecule has 0 radical (unpaired) electrons. The lowest BCUT2D eigenvalue weighted by atomic mass is 10.2. The Morgan fingerprint density at radius 3 is 2.54 bits per heavy atom. The van der Waals surface area contributed by atoms with E-state index in [0.29, 0.717) is 13.2 Å². The molecule has 1 atom stereocenters. The van der Waals surface area contributed by atoms with Crippen LogP contribution in [0.25, 0.3) is 0 Å². The molecule has 0 aliphatic heterocycles. The summed E-state index contributed by atoms with van der Waals surface area (Å²) in [7, 11) is -3.35. The maximum atomic E-state index is 10.7. The highest BCUT2D eigenvalue weighted by molar-refractivity contribution is 7.89. The molecule has 5 heteroatoms. The molecule has 0 spiro atoms. The number of hydrogen-bond donors (Lipinski definition) is 1. The van der Waals surface area contributed by atoms with Gasteiger partial charge in [0.2, 0.25) is 10.0 Å². The molecule has 0 heterocycles. The van der Waals surface area contributed by atoms with Gasteiger partial charge in [-0.05, 0) is 12.3 Å². The van der Waals surface area contributed by atoms with E-state index in [2.05, 4.69) is 6.92 Å². The Morgan fingerprint density at radius 1 is 1.46 bits per heavy atom. The molecule has 0 aromatic rings. The van der Waals surface area contributed by atoms with Crippen molar-refractivity contribution in [1.29, 1.82) is 0 Å². The summed E-state index contributed by atoms with van der Waals surface area (Å²) in [6.45, 7) is 5.06. The minimum Gasteiger partial charge on any atom is -0.381 e. The van der Waals surface area contributed by atoms with Crippen LogP contribution < -0.4 is 5.14 Å². The van der Waals surface area contributed by atoms with Crippen molar-refractivity contribution in [1.82, 2.24) is 0 Å². The molecule has 0 amide bonds. The minimum absolute atomic E-state index is 0.000868. The molecule has 13 heavy (non-hydrogen) atoms. The monoisotopic (exact) mass is 209 g/mol. The van der Waals surface area contributed by atoms with Gasteiger partial charge in [0.05, 0.1) is 12.4 Å². The Morgan fingerprint density at radius 2 is 2.08 bits per heavy atom. The van der Waals surface area contributed by atoms with Crippen LogP contribution in [0.5, 0.6) is 0 Å². The first-order valence-electron chi connectivity index (χ1n) is 4.54. The van der Waals surface area contributed by atoms with Crippen molar-refractivity contribution in [2.75, 3.05) is 19.0 Å². The van der Waals surface area contributed by atoms with Crippen LogP contribution in [0.3, 0.4) is 0 Å². The Balaban J connectivity index is 3.47. The van der Waals surface area contributed by atoms with Gasteiger partial charge in [-0.2, -0.15) is 0 Å². The Kier molecular flexibility index (Phi) is 6.28. The van der Waals surface area contributed by atoms with Crippen LogP contribution in [0.15, 0.2) is 0 Å². The van der Waals surface area contributed by atoms with Gasteiger partial charge in [0.1, 0.15) is 0 Å². The summed E-state index contributed by atoms with van der Waals surface area (Å²) in [6.07, 6.45) is 2.10. The number of hydrogen-bond acceptors (Lipinski definition) is 3. The van der Waals surface area contributed by atoms with Crippen molar-refractivity contribution >= 4 is 10.0 Å². The summed E-state index contributed by atoms with van der Waals surface area (Å²) < 4.78 is 26.6. The maximum absolute atomic E-state index is 10.7. The lowest BCUT2D eigenvalue weighted by molar-refractivity contribution is 0.108. The first-order chi connectivity index (χ1) is 5.95. The average Bonchev–Trinajstić information content (AvgIpc) is 1.94. The number of nitrogens with two attached hydrogens (primary N) is 1. The second kappa shape index (κ2) is 6.34. The highest BCUT2D eigenvalue weighted by atomic mass is 32.2. The topological polar surface area (TPSA) is 69.4 Å². The fourth-order valence-electron chi connectivity index (χ4n) is 0.976. The predicted octanol–water partition coefficient (Wildman–Crippen LogP) is 0.728. The molecule has 0 fully saturated rings. The summed E-state index contributed by atoms with van der Waals surface area (Å²) in [6, 6.07) is 0. The number of rotatable bonds is 7. The molecule has 0 aliphatic carbocycles. The number of unbranched alkanes of at least 4 members (excludes halogenated alkanes) is 1. The molecular weight excluding hydrogens is 190 g/mol. The van der Waals surface area contributed by atoms with Crippen molar-refractivity contribution in [3.05, 3.63) is 0 Å². The molecule has 0 bridgehead atoms. The lowest BCUT2D eigenvalue weighted by Crippen LogP contribution is -2.24. The van der Waals surface area contributed by atoms with E-state index in [0.717, 1.165) is 12.8 Å². The third-order valence-electron chi connectivity index (χ3n) is 1.56. The number of ether oxygens (including phenoxy) is 1. The molecule has 1 unspecified atom stereocenters. The standard InChI is InChI=1S/C8H19NO3S/c1-3-4-5-12-6-8(2)7-13(9,10)11/h8H,3-7H2,1-2H3,(H2,9,10,11). The third kappa shape index (κ3) is 9.79. The van der Waals surface area contributed by atoms with Gasteiger partial charge >= 0.3 is 0 Å². The normalized spacial score (nSPS) is 14.4. The first-order valence-corrected chi connectivity index (χ1v) is 6.25. The van der Waals surface area contributed by atoms with E-state index in [1.165, 1.54) is 0 Å². The van der Waals surface area contributed by atoms with E-state index in [1.807, 2.05) is 6.92 Å². The van der Waals surface area contributed by atoms with Gasteiger partial charge in [-0.3, -0.25) is 0 Å². The van der Waals surface area contributed by atoms with E-state index >= 15 is 0 Å². The Hall–Kier alpha value is -0.130. The SMILES string of the molecule is CCCCOCC(C)CS(N)(=O)=O. The van der Waals surface area contributed by atoms with Crippen LogP contribution in [-0.2, 0) is 14.8 Å². The quantitative estimate of drug-likeness (QED) is 0.628. The molecular formula is C8H19NO3S. The summed E-state index contributed by atoms with van der Waals surface area (Å²) in [4.78, 5) is 0. The third-order valence-corrected chi connectivity index (χ3v) is 2.60. The molecule has 2 N–H and O–H groups in total. The van der Waals surface area contributed by atoms with E-state index in [4.69, 9.17) is 9.88 Å². The molecule has 0 aromatic carbocycles. The summed E-state index contributed by atoms with van der Waals surface area (Å²) in [5.74, 6) is -0.0223. The zero-order chi connectivity index (χ0) is 10.3. The zero-order valence-electron chi connectivity index (χ0n) is 8.32. The first kappa shape index (κ1) is 12.9. The van der Waals surface area contributed by atoms with Crippen molar-refractivity contribution in [2.24, 2.45) is 11.1 Å². The molecule has 0 aliphatic rings. The molecule has 80 valence electrons. The van der Waals surface area contributed by atoms with Crippen molar-refractivity contribution in [3.63, 3.8) is 0 Å². The number of primary sulfonamides is 1. The second-order valence-electron chi connectivity index (χ2n) is 3.36. The summed E-state index contributed by atoms with van der Waals surface area (Å²) >= 11 is 0. The van der Waals surface area contributed by atoms with Gasteiger partial charge in [0.25, 0.3) is 0 Å². The van der Waals surface area contributed by atoms with Crippen molar-refractivity contribution < 1.29 is 13.2 Å².